The van der Waals surface area contributed by atoms with E-state index in [4.69, 9.17) is 9.47 Å². The van der Waals surface area contributed by atoms with E-state index in [0.717, 1.165) is 37.0 Å². The van der Waals surface area contributed by atoms with Crippen LogP contribution in [0.3, 0.4) is 0 Å². The van der Waals surface area contributed by atoms with Crippen molar-refractivity contribution in [2.24, 2.45) is 11.8 Å². The molecular formula is C23H24N4O3. The first kappa shape index (κ1) is 18.7. The van der Waals surface area contributed by atoms with E-state index in [1.807, 2.05) is 41.3 Å². The second-order valence-corrected chi connectivity index (χ2v) is 7.90. The molecule has 2 unspecified atom stereocenters. The maximum atomic E-state index is 13.5. The van der Waals surface area contributed by atoms with E-state index in [2.05, 4.69) is 14.9 Å². The highest BCUT2D eigenvalue weighted by Crippen LogP contribution is 2.36. The number of hydrogen-bond donors (Lipinski definition) is 0. The maximum absolute atomic E-state index is 13.5. The Hall–Kier alpha value is -3.35. The molecular weight excluding hydrogens is 380 g/mol. The normalized spacial score (nSPS) is 20.5. The lowest BCUT2D eigenvalue weighted by Crippen LogP contribution is -2.34. The smallest absolute Gasteiger partial charge is 0.258 e. The SMILES string of the molecule is COc1ccnc(N2CC3CN(C(=O)c4c(OC)ccc5ccccc45)CC3C2)n1. The van der Waals surface area contributed by atoms with Gasteiger partial charge in [0.25, 0.3) is 5.91 Å². The molecule has 3 heterocycles. The van der Waals surface area contributed by atoms with Gasteiger partial charge in [-0.1, -0.05) is 30.3 Å². The summed E-state index contributed by atoms with van der Waals surface area (Å²) >= 11 is 0. The van der Waals surface area contributed by atoms with Crippen molar-refractivity contribution >= 4 is 22.6 Å². The first-order valence-corrected chi connectivity index (χ1v) is 10.1. The van der Waals surface area contributed by atoms with E-state index in [0.29, 0.717) is 35.0 Å². The second-order valence-electron chi connectivity index (χ2n) is 7.90. The van der Waals surface area contributed by atoms with Crippen LogP contribution in [-0.4, -0.2) is 61.2 Å². The standard InChI is InChI=1S/C23H24N4O3/c1-29-19-8-7-15-5-3-4-6-18(15)21(19)22(28)26-11-16-13-27(14-17(16)12-26)23-24-10-9-20(25-23)30-2/h3-10,16-17H,11-14H2,1-2H3. The van der Waals surface area contributed by atoms with Crippen molar-refractivity contribution in [2.75, 3.05) is 45.3 Å². The summed E-state index contributed by atoms with van der Waals surface area (Å²) in [4.78, 5) is 26.5. The number of likely N-dealkylation sites (tertiary alicyclic amines) is 1. The van der Waals surface area contributed by atoms with Gasteiger partial charge < -0.3 is 19.3 Å². The van der Waals surface area contributed by atoms with Gasteiger partial charge in [0.05, 0.1) is 19.8 Å². The Labute approximate surface area is 175 Å². The van der Waals surface area contributed by atoms with Crippen molar-refractivity contribution in [3.05, 3.63) is 54.2 Å². The number of hydrogen-bond acceptors (Lipinski definition) is 6. The van der Waals surface area contributed by atoms with Gasteiger partial charge in [0.1, 0.15) is 5.75 Å². The predicted octanol–water partition coefficient (Wildman–Crippen LogP) is 2.86. The van der Waals surface area contributed by atoms with Crippen LogP contribution in [0.15, 0.2) is 48.7 Å². The molecule has 0 aliphatic carbocycles. The van der Waals surface area contributed by atoms with Crippen LogP contribution in [0, 0.1) is 11.8 Å². The Morgan fingerprint density at radius 2 is 1.73 bits per heavy atom. The van der Waals surface area contributed by atoms with Gasteiger partial charge in [-0.3, -0.25) is 4.79 Å². The monoisotopic (exact) mass is 404 g/mol. The average Bonchev–Trinajstić information content (AvgIpc) is 3.37. The molecule has 0 radical (unpaired) electrons. The molecule has 30 heavy (non-hydrogen) atoms. The molecule has 2 atom stereocenters. The highest BCUT2D eigenvalue weighted by molar-refractivity contribution is 6.09. The molecule has 3 aromatic rings. The summed E-state index contributed by atoms with van der Waals surface area (Å²) in [5.41, 5.74) is 0.656. The van der Waals surface area contributed by atoms with E-state index in [9.17, 15) is 4.79 Å². The third-order valence-corrected chi connectivity index (χ3v) is 6.21. The van der Waals surface area contributed by atoms with E-state index in [1.165, 1.54) is 0 Å². The number of rotatable bonds is 4. The quantitative estimate of drug-likeness (QED) is 0.666. The summed E-state index contributed by atoms with van der Waals surface area (Å²) in [6, 6.07) is 13.6. The van der Waals surface area contributed by atoms with Crippen LogP contribution in [0.4, 0.5) is 5.95 Å². The lowest BCUT2D eigenvalue weighted by atomic mass is 10.0. The summed E-state index contributed by atoms with van der Waals surface area (Å²) in [5, 5.41) is 1.98. The van der Waals surface area contributed by atoms with Gasteiger partial charge in [0.2, 0.25) is 11.8 Å². The first-order valence-electron chi connectivity index (χ1n) is 10.1. The Bertz CT molecular complexity index is 1090. The fraction of sp³-hybridized carbons (Fsp3) is 0.348. The van der Waals surface area contributed by atoms with Gasteiger partial charge >= 0.3 is 0 Å². The van der Waals surface area contributed by atoms with E-state index < -0.39 is 0 Å². The Balaban J connectivity index is 1.36. The molecule has 7 heteroatoms. The Morgan fingerprint density at radius 1 is 0.967 bits per heavy atom. The number of carbonyl (C=O) groups is 1. The molecule has 2 saturated heterocycles. The van der Waals surface area contributed by atoms with Gasteiger partial charge in [-0.25, -0.2) is 4.98 Å². The molecule has 0 spiro atoms. The minimum absolute atomic E-state index is 0.0437. The van der Waals surface area contributed by atoms with Crippen molar-refractivity contribution in [2.45, 2.75) is 0 Å². The number of ether oxygens (including phenoxy) is 2. The van der Waals surface area contributed by atoms with Crippen LogP contribution in [0.5, 0.6) is 11.6 Å². The average molecular weight is 404 g/mol. The summed E-state index contributed by atoms with van der Waals surface area (Å²) in [5.74, 6) is 2.74. The van der Waals surface area contributed by atoms with Crippen LogP contribution in [0.1, 0.15) is 10.4 Å². The van der Waals surface area contributed by atoms with Crippen molar-refractivity contribution in [3.63, 3.8) is 0 Å². The maximum Gasteiger partial charge on any atom is 0.258 e. The summed E-state index contributed by atoms with van der Waals surface area (Å²) in [6.45, 7) is 3.15. The van der Waals surface area contributed by atoms with Crippen LogP contribution < -0.4 is 14.4 Å². The summed E-state index contributed by atoms with van der Waals surface area (Å²) in [7, 11) is 3.22. The minimum Gasteiger partial charge on any atom is -0.496 e. The van der Waals surface area contributed by atoms with Crippen LogP contribution in [-0.2, 0) is 0 Å². The largest absolute Gasteiger partial charge is 0.496 e. The van der Waals surface area contributed by atoms with E-state index >= 15 is 0 Å². The molecule has 7 nitrogen and oxygen atoms in total. The fourth-order valence-electron chi connectivity index (χ4n) is 4.72. The van der Waals surface area contributed by atoms with Crippen LogP contribution in [0.2, 0.25) is 0 Å². The molecule has 1 amide bonds. The molecule has 2 aliphatic heterocycles. The van der Waals surface area contributed by atoms with Crippen LogP contribution in [0.25, 0.3) is 10.8 Å². The van der Waals surface area contributed by atoms with Crippen molar-refractivity contribution in [3.8, 4) is 11.6 Å². The number of methoxy groups -OCH3 is 2. The number of benzene rings is 2. The Morgan fingerprint density at radius 3 is 2.47 bits per heavy atom. The highest BCUT2D eigenvalue weighted by atomic mass is 16.5. The van der Waals surface area contributed by atoms with Crippen LogP contribution >= 0.6 is 0 Å². The number of aromatic nitrogens is 2. The van der Waals surface area contributed by atoms with E-state index in [-0.39, 0.29) is 5.91 Å². The molecule has 5 rings (SSSR count). The molecule has 2 aliphatic rings. The van der Waals surface area contributed by atoms with E-state index in [1.54, 1.807) is 26.5 Å². The van der Waals surface area contributed by atoms with Crippen molar-refractivity contribution in [1.29, 1.82) is 0 Å². The number of amides is 1. The van der Waals surface area contributed by atoms with Gasteiger partial charge in [-0.05, 0) is 16.8 Å². The zero-order valence-electron chi connectivity index (χ0n) is 17.1. The van der Waals surface area contributed by atoms with Gasteiger partial charge in [0, 0.05) is 50.3 Å². The molecule has 2 fully saturated rings. The topological polar surface area (TPSA) is 67.8 Å². The number of carbonyl (C=O) groups excluding carboxylic acids is 1. The third kappa shape index (κ3) is 3.10. The second kappa shape index (κ2) is 7.48. The first-order chi connectivity index (χ1) is 14.7. The molecule has 154 valence electrons. The van der Waals surface area contributed by atoms with Gasteiger partial charge in [-0.15, -0.1) is 0 Å². The van der Waals surface area contributed by atoms with Crippen molar-refractivity contribution in [1.82, 2.24) is 14.9 Å². The fourth-order valence-corrected chi connectivity index (χ4v) is 4.72. The van der Waals surface area contributed by atoms with Gasteiger partial charge in [0.15, 0.2) is 0 Å². The Kier molecular flexibility index (Phi) is 4.65. The lowest BCUT2D eigenvalue weighted by Gasteiger charge is -2.23. The van der Waals surface area contributed by atoms with Gasteiger partial charge in [-0.2, -0.15) is 4.98 Å². The number of nitrogens with zero attached hydrogens (tertiary/aromatic N) is 4. The zero-order valence-corrected chi connectivity index (χ0v) is 17.1. The molecule has 0 bridgehead atoms. The minimum atomic E-state index is 0.0437. The summed E-state index contributed by atoms with van der Waals surface area (Å²) < 4.78 is 10.8. The molecule has 0 saturated carbocycles. The lowest BCUT2D eigenvalue weighted by molar-refractivity contribution is 0.0781. The molecule has 1 aromatic heterocycles. The number of fused-ring (bicyclic) bond motifs is 2. The highest BCUT2D eigenvalue weighted by Gasteiger charge is 2.43. The molecule has 0 N–H and O–H groups in total. The third-order valence-electron chi connectivity index (χ3n) is 6.21. The van der Waals surface area contributed by atoms with Crippen molar-refractivity contribution < 1.29 is 14.3 Å². The predicted molar refractivity (Wildman–Crippen MR) is 114 cm³/mol. The molecule has 2 aromatic carbocycles. The zero-order chi connectivity index (χ0) is 20.7. The summed E-state index contributed by atoms with van der Waals surface area (Å²) in [6.07, 6.45) is 1.72. The number of anilines is 1.